The summed E-state index contributed by atoms with van der Waals surface area (Å²) in [4.78, 5) is 25.4. The van der Waals surface area contributed by atoms with Crippen LogP contribution in [0.25, 0.3) is 0 Å². The Hall–Kier alpha value is -3.32. The molecule has 2 heterocycles. The van der Waals surface area contributed by atoms with Crippen molar-refractivity contribution in [1.29, 1.82) is 0 Å². The van der Waals surface area contributed by atoms with Crippen molar-refractivity contribution in [2.24, 2.45) is 0 Å². The van der Waals surface area contributed by atoms with E-state index < -0.39 is 11.1 Å². The molecular formula is C19H14ClN3O4. The lowest BCUT2D eigenvalue weighted by molar-refractivity contribution is -0.384. The predicted octanol–water partition coefficient (Wildman–Crippen LogP) is 4.61. The van der Waals surface area contributed by atoms with Gasteiger partial charge in [0.25, 0.3) is 11.6 Å². The van der Waals surface area contributed by atoms with Crippen molar-refractivity contribution in [2.75, 3.05) is 5.32 Å². The molecule has 2 aromatic carbocycles. The van der Waals surface area contributed by atoms with Crippen LogP contribution < -0.4 is 5.32 Å². The van der Waals surface area contributed by atoms with Gasteiger partial charge in [-0.2, -0.15) is 0 Å². The lowest BCUT2D eigenvalue weighted by Gasteiger charge is -2.38. The summed E-state index contributed by atoms with van der Waals surface area (Å²) in [5.74, 6) is 0.379. The van der Waals surface area contributed by atoms with Crippen molar-refractivity contribution in [3.05, 3.63) is 92.9 Å². The molecule has 0 spiro atoms. The molecule has 0 fully saturated rings. The molecular weight excluding hydrogens is 370 g/mol. The van der Waals surface area contributed by atoms with Crippen LogP contribution in [0.15, 0.2) is 65.3 Å². The summed E-state index contributed by atoms with van der Waals surface area (Å²) < 4.78 is 5.39. The Bertz CT molecular complexity index is 1020. The number of para-hydroxylation sites is 1. The van der Waals surface area contributed by atoms with Crippen LogP contribution in [0.3, 0.4) is 0 Å². The standard InChI is InChI=1S/C19H14ClN3O4/c20-16-8-7-12(23(25)26)10-15(16)18-21-17-6-2-1-5-14(17)19(24)22(18)11-13-4-3-9-27-13/h1-10,18,21H,11H2/t18-/m0/s1. The van der Waals surface area contributed by atoms with Crippen molar-refractivity contribution in [3.8, 4) is 0 Å². The summed E-state index contributed by atoms with van der Waals surface area (Å²) in [5, 5.41) is 14.8. The zero-order valence-electron chi connectivity index (χ0n) is 14.0. The number of anilines is 1. The number of benzene rings is 2. The van der Waals surface area contributed by atoms with Gasteiger partial charge in [-0.15, -0.1) is 0 Å². The fraction of sp³-hybridized carbons (Fsp3) is 0.105. The van der Waals surface area contributed by atoms with Crippen molar-refractivity contribution < 1.29 is 14.1 Å². The second-order valence-corrected chi connectivity index (χ2v) is 6.48. The number of carbonyl (C=O) groups is 1. The van der Waals surface area contributed by atoms with Crippen LogP contribution in [0.4, 0.5) is 11.4 Å². The fourth-order valence-electron chi connectivity index (χ4n) is 3.13. The molecule has 1 aromatic heterocycles. The summed E-state index contributed by atoms with van der Waals surface area (Å²) in [6, 6.07) is 14.8. The molecule has 0 bridgehead atoms. The summed E-state index contributed by atoms with van der Waals surface area (Å²) >= 11 is 6.33. The normalized spacial score (nSPS) is 16.0. The maximum absolute atomic E-state index is 13.1. The van der Waals surface area contributed by atoms with Gasteiger partial charge in [-0.3, -0.25) is 14.9 Å². The minimum absolute atomic E-state index is 0.0968. The number of hydrogen-bond acceptors (Lipinski definition) is 5. The smallest absolute Gasteiger partial charge is 0.269 e. The molecule has 1 amide bonds. The van der Waals surface area contributed by atoms with E-state index in [4.69, 9.17) is 16.0 Å². The third kappa shape index (κ3) is 3.13. The molecule has 0 aliphatic carbocycles. The Labute approximate surface area is 159 Å². The van der Waals surface area contributed by atoms with Gasteiger partial charge in [0.15, 0.2) is 0 Å². The van der Waals surface area contributed by atoms with E-state index in [0.29, 0.717) is 27.6 Å². The van der Waals surface area contributed by atoms with Crippen molar-refractivity contribution in [2.45, 2.75) is 12.7 Å². The molecule has 0 unspecified atom stereocenters. The molecule has 0 saturated heterocycles. The van der Waals surface area contributed by atoms with E-state index in [0.717, 1.165) is 0 Å². The molecule has 1 atom stereocenters. The fourth-order valence-corrected chi connectivity index (χ4v) is 3.35. The van der Waals surface area contributed by atoms with Crippen LogP contribution in [-0.2, 0) is 6.54 Å². The van der Waals surface area contributed by atoms with E-state index in [9.17, 15) is 14.9 Å². The highest BCUT2D eigenvalue weighted by molar-refractivity contribution is 6.31. The van der Waals surface area contributed by atoms with Gasteiger partial charge in [0.1, 0.15) is 11.9 Å². The monoisotopic (exact) mass is 383 g/mol. The number of hydrogen-bond donors (Lipinski definition) is 1. The SMILES string of the molecule is O=C1c2ccccc2N[C@H](c2cc([N+](=O)[O-])ccc2Cl)N1Cc1ccco1. The minimum Gasteiger partial charge on any atom is -0.467 e. The topological polar surface area (TPSA) is 88.6 Å². The first-order valence-corrected chi connectivity index (χ1v) is 8.55. The number of carbonyl (C=O) groups excluding carboxylic acids is 1. The average molecular weight is 384 g/mol. The number of non-ortho nitro benzene ring substituents is 1. The van der Waals surface area contributed by atoms with E-state index in [2.05, 4.69) is 5.32 Å². The Kier molecular flexibility index (Phi) is 4.29. The molecule has 136 valence electrons. The Balaban J connectivity index is 1.82. The Morgan fingerprint density at radius 1 is 1.19 bits per heavy atom. The maximum atomic E-state index is 13.1. The number of nitro benzene ring substituents is 1. The Morgan fingerprint density at radius 3 is 2.74 bits per heavy atom. The largest absolute Gasteiger partial charge is 0.467 e. The molecule has 1 aliphatic heterocycles. The number of fused-ring (bicyclic) bond motifs is 1. The van der Waals surface area contributed by atoms with E-state index in [1.165, 1.54) is 24.5 Å². The molecule has 27 heavy (non-hydrogen) atoms. The number of furan rings is 1. The molecule has 8 heteroatoms. The van der Waals surface area contributed by atoms with Gasteiger partial charge in [-0.25, -0.2) is 0 Å². The van der Waals surface area contributed by atoms with Gasteiger partial charge < -0.3 is 14.6 Å². The van der Waals surface area contributed by atoms with Gasteiger partial charge in [0.2, 0.25) is 0 Å². The first kappa shape index (κ1) is 17.1. The second kappa shape index (κ2) is 6.77. The van der Waals surface area contributed by atoms with Crippen LogP contribution in [0.2, 0.25) is 5.02 Å². The molecule has 1 aliphatic rings. The third-order valence-electron chi connectivity index (χ3n) is 4.41. The van der Waals surface area contributed by atoms with Crippen molar-refractivity contribution in [1.82, 2.24) is 4.90 Å². The quantitative estimate of drug-likeness (QED) is 0.525. The van der Waals surface area contributed by atoms with Crippen LogP contribution in [-0.4, -0.2) is 15.7 Å². The summed E-state index contributed by atoms with van der Waals surface area (Å²) in [6.45, 7) is 0.191. The highest BCUT2D eigenvalue weighted by Crippen LogP contribution is 2.38. The van der Waals surface area contributed by atoms with E-state index in [1.54, 1.807) is 35.2 Å². The zero-order chi connectivity index (χ0) is 19.0. The molecule has 3 aromatic rings. The molecule has 0 saturated carbocycles. The highest BCUT2D eigenvalue weighted by atomic mass is 35.5. The van der Waals surface area contributed by atoms with Gasteiger partial charge in [0, 0.05) is 28.4 Å². The van der Waals surface area contributed by atoms with Crippen molar-refractivity contribution >= 4 is 28.9 Å². The Morgan fingerprint density at radius 2 is 2.00 bits per heavy atom. The predicted molar refractivity (Wildman–Crippen MR) is 99.5 cm³/mol. The summed E-state index contributed by atoms with van der Waals surface area (Å²) in [6.07, 6.45) is 0.852. The van der Waals surface area contributed by atoms with Gasteiger partial charge >= 0.3 is 0 Å². The summed E-state index contributed by atoms with van der Waals surface area (Å²) in [5.41, 5.74) is 1.51. The van der Waals surface area contributed by atoms with E-state index in [1.807, 2.05) is 6.07 Å². The number of nitrogens with zero attached hydrogens (tertiary/aromatic N) is 2. The number of halogens is 1. The number of amides is 1. The number of nitrogens with one attached hydrogen (secondary N) is 1. The van der Waals surface area contributed by atoms with Crippen LogP contribution in [0.1, 0.15) is 27.8 Å². The average Bonchev–Trinajstić information content (AvgIpc) is 3.17. The molecule has 4 rings (SSSR count). The molecule has 7 nitrogen and oxygen atoms in total. The molecule has 1 N–H and O–H groups in total. The minimum atomic E-state index is -0.676. The van der Waals surface area contributed by atoms with Gasteiger partial charge in [0.05, 0.1) is 23.3 Å². The van der Waals surface area contributed by atoms with E-state index in [-0.39, 0.29) is 18.1 Å². The lowest BCUT2D eigenvalue weighted by Crippen LogP contribution is -2.42. The third-order valence-corrected chi connectivity index (χ3v) is 4.76. The van der Waals surface area contributed by atoms with Gasteiger partial charge in [-0.1, -0.05) is 23.7 Å². The highest BCUT2D eigenvalue weighted by Gasteiger charge is 2.35. The number of nitro groups is 1. The van der Waals surface area contributed by atoms with E-state index >= 15 is 0 Å². The number of rotatable bonds is 4. The first-order valence-electron chi connectivity index (χ1n) is 8.17. The van der Waals surface area contributed by atoms with Crippen LogP contribution in [0.5, 0.6) is 0 Å². The first-order chi connectivity index (χ1) is 13.0. The maximum Gasteiger partial charge on any atom is 0.269 e. The lowest BCUT2D eigenvalue weighted by atomic mass is 10.0. The van der Waals surface area contributed by atoms with Crippen molar-refractivity contribution in [3.63, 3.8) is 0 Å². The second-order valence-electron chi connectivity index (χ2n) is 6.07. The van der Waals surface area contributed by atoms with Crippen LogP contribution >= 0.6 is 11.6 Å². The van der Waals surface area contributed by atoms with Gasteiger partial charge in [-0.05, 0) is 30.3 Å². The molecule has 0 radical (unpaired) electrons. The zero-order valence-corrected chi connectivity index (χ0v) is 14.7. The summed E-state index contributed by atoms with van der Waals surface area (Å²) in [7, 11) is 0. The van der Waals surface area contributed by atoms with Crippen LogP contribution in [0, 0.1) is 10.1 Å².